The van der Waals surface area contributed by atoms with Crippen molar-refractivity contribution in [2.75, 3.05) is 16.6 Å². The minimum absolute atomic E-state index is 0.0743. The highest BCUT2D eigenvalue weighted by molar-refractivity contribution is 7.92. The number of fused-ring (bicyclic) bond motifs is 4. The van der Waals surface area contributed by atoms with Crippen LogP contribution in [0.2, 0.25) is 0 Å². The van der Waals surface area contributed by atoms with E-state index < -0.39 is 16.1 Å². The molecule has 1 amide bonds. The molecule has 0 fully saturated rings. The Morgan fingerprint density at radius 3 is 2.37 bits per heavy atom. The SMILES string of the molecule is Cc1cccc(C)c1-c1cc2nc(n1)NS(=O)(=O)c1cccc(c1)C(=O)N(Cc1cccc(NC(C)C)n1)[C@H](CC(C)(C)C)CO2. The number of nitrogens with one attached hydrogen (secondary N) is 2. The fraction of sp³-hybridized carbons (Fsp3) is 0.371. The topological polar surface area (TPSA) is 126 Å². The summed E-state index contributed by atoms with van der Waals surface area (Å²) in [7, 11) is -4.16. The zero-order chi connectivity index (χ0) is 33.2. The van der Waals surface area contributed by atoms with E-state index in [1.54, 1.807) is 23.1 Å². The Balaban J connectivity index is 1.66. The van der Waals surface area contributed by atoms with E-state index in [2.05, 4.69) is 40.8 Å². The van der Waals surface area contributed by atoms with E-state index in [1.807, 2.05) is 64.1 Å². The van der Waals surface area contributed by atoms with E-state index >= 15 is 0 Å². The zero-order valence-electron chi connectivity index (χ0n) is 27.5. The van der Waals surface area contributed by atoms with E-state index in [-0.39, 0.29) is 52.8 Å². The third-order valence-corrected chi connectivity index (χ3v) is 8.93. The van der Waals surface area contributed by atoms with Crippen LogP contribution in [0, 0.1) is 19.3 Å². The Morgan fingerprint density at radius 1 is 0.978 bits per heavy atom. The molecular weight excluding hydrogens is 600 g/mol. The molecule has 2 N–H and O–H groups in total. The fourth-order valence-electron chi connectivity index (χ4n) is 5.66. The minimum atomic E-state index is -4.16. The van der Waals surface area contributed by atoms with E-state index in [4.69, 9.17) is 9.72 Å². The Morgan fingerprint density at radius 2 is 1.67 bits per heavy atom. The number of aryl methyl sites for hydroxylation is 2. The molecule has 11 heteroatoms. The maximum Gasteiger partial charge on any atom is 0.264 e. The van der Waals surface area contributed by atoms with Gasteiger partial charge in [0.1, 0.15) is 12.4 Å². The molecule has 0 saturated heterocycles. The summed E-state index contributed by atoms with van der Waals surface area (Å²) in [4.78, 5) is 29.9. The van der Waals surface area contributed by atoms with E-state index in [0.29, 0.717) is 23.6 Å². The van der Waals surface area contributed by atoms with Crippen molar-refractivity contribution in [2.45, 2.75) is 78.4 Å². The number of pyridine rings is 1. The van der Waals surface area contributed by atoms with Crippen molar-refractivity contribution in [1.29, 1.82) is 0 Å². The van der Waals surface area contributed by atoms with Gasteiger partial charge in [-0.05, 0) is 81.0 Å². The van der Waals surface area contributed by atoms with Gasteiger partial charge in [0.2, 0.25) is 11.8 Å². The number of aromatic nitrogens is 3. The molecule has 5 rings (SSSR count). The van der Waals surface area contributed by atoms with Gasteiger partial charge in [0.25, 0.3) is 15.9 Å². The Bertz CT molecular complexity index is 1830. The van der Waals surface area contributed by atoms with E-state index in [1.165, 1.54) is 12.1 Å². The van der Waals surface area contributed by atoms with Gasteiger partial charge in [0, 0.05) is 23.2 Å². The Labute approximate surface area is 271 Å². The molecule has 4 aromatic rings. The number of sulfonamides is 1. The number of benzene rings is 2. The molecule has 3 heterocycles. The smallest absolute Gasteiger partial charge is 0.264 e. The molecule has 2 aromatic carbocycles. The van der Waals surface area contributed by atoms with Crippen LogP contribution in [0.15, 0.2) is 71.6 Å². The number of hydrogen-bond acceptors (Lipinski definition) is 8. The maximum atomic E-state index is 14.4. The van der Waals surface area contributed by atoms with Crippen molar-refractivity contribution >= 4 is 27.7 Å². The van der Waals surface area contributed by atoms with Crippen LogP contribution in [0.1, 0.15) is 68.2 Å². The van der Waals surface area contributed by atoms with Crippen LogP contribution in [0.25, 0.3) is 11.3 Å². The van der Waals surface area contributed by atoms with E-state index in [0.717, 1.165) is 16.7 Å². The number of amides is 1. The van der Waals surface area contributed by atoms with Gasteiger partial charge in [-0.25, -0.2) is 23.1 Å². The van der Waals surface area contributed by atoms with Gasteiger partial charge >= 0.3 is 0 Å². The molecule has 0 saturated carbocycles. The second-order valence-corrected chi connectivity index (χ2v) is 15.0. The van der Waals surface area contributed by atoms with Crippen LogP contribution in [-0.4, -0.2) is 52.9 Å². The summed E-state index contributed by atoms with van der Waals surface area (Å²) >= 11 is 0. The molecule has 0 spiro atoms. The van der Waals surface area contributed by atoms with Gasteiger partial charge in [-0.3, -0.25) is 4.79 Å². The summed E-state index contributed by atoms with van der Waals surface area (Å²) in [6, 6.07) is 19.1. The Hall–Kier alpha value is -4.51. The van der Waals surface area contributed by atoms with Gasteiger partial charge in [-0.15, -0.1) is 0 Å². The quantitative estimate of drug-likeness (QED) is 0.241. The first-order valence-corrected chi connectivity index (χ1v) is 16.9. The van der Waals surface area contributed by atoms with Crippen LogP contribution in [-0.2, 0) is 16.6 Å². The number of anilines is 2. The monoisotopic (exact) mass is 642 g/mol. The predicted molar refractivity (Wildman–Crippen MR) is 180 cm³/mol. The van der Waals surface area contributed by atoms with Crippen molar-refractivity contribution in [1.82, 2.24) is 19.9 Å². The van der Waals surface area contributed by atoms with Gasteiger partial charge in [-0.1, -0.05) is 51.1 Å². The van der Waals surface area contributed by atoms with Gasteiger partial charge in [0.15, 0.2) is 0 Å². The van der Waals surface area contributed by atoms with Crippen LogP contribution in [0.4, 0.5) is 11.8 Å². The molecule has 1 aliphatic rings. The van der Waals surface area contributed by atoms with Crippen LogP contribution >= 0.6 is 0 Å². The minimum Gasteiger partial charge on any atom is -0.475 e. The Kier molecular flexibility index (Phi) is 9.34. The second-order valence-electron chi connectivity index (χ2n) is 13.3. The summed E-state index contributed by atoms with van der Waals surface area (Å²) in [5.41, 5.74) is 4.10. The van der Waals surface area contributed by atoms with Gasteiger partial charge in [0.05, 0.1) is 28.9 Å². The molecule has 0 unspecified atom stereocenters. The highest BCUT2D eigenvalue weighted by Crippen LogP contribution is 2.31. The molecule has 46 heavy (non-hydrogen) atoms. The lowest BCUT2D eigenvalue weighted by Gasteiger charge is -2.35. The zero-order valence-corrected chi connectivity index (χ0v) is 28.3. The lowest BCUT2D eigenvalue weighted by molar-refractivity contribution is 0.0509. The summed E-state index contributed by atoms with van der Waals surface area (Å²) in [6.45, 7) is 14.7. The normalized spacial score (nSPS) is 16.5. The molecule has 242 valence electrons. The number of rotatable bonds is 6. The van der Waals surface area contributed by atoms with Crippen molar-refractivity contribution in [3.63, 3.8) is 0 Å². The number of carbonyl (C=O) groups excluding carboxylic acids is 1. The molecule has 0 aliphatic carbocycles. The van der Waals surface area contributed by atoms with Gasteiger partial charge in [-0.2, -0.15) is 4.98 Å². The third-order valence-electron chi connectivity index (χ3n) is 7.61. The van der Waals surface area contributed by atoms with Crippen molar-refractivity contribution in [3.8, 4) is 17.1 Å². The van der Waals surface area contributed by atoms with Crippen molar-refractivity contribution in [2.24, 2.45) is 5.41 Å². The summed E-state index contributed by atoms with van der Waals surface area (Å²) in [6.07, 6.45) is 0.598. The highest BCUT2D eigenvalue weighted by Gasteiger charge is 2.32. The summed E-state index contributed by atoms with van der Waals surface area (Å²) in [5.74, 6) is 0.464. The van der Waals surface area contributed by atoms with Crippen molar-refractivity contribution in [3.05, 3.63) is 89.1 Å². The molecule has 10 nitrogen and oxygen atoms in total. The highest BCUT2D eigenvalue weighted by atomic mass is 32.2. The lowest BCUT2D eigenvalue weighted by atomic mass is 9.87. The third kappa shape index (κ3) is 7.82. The second kappa shape index (κ2) is 13.1. The van der Waals surface area contributed by atoms with Crippen LogP contribution in [0.5, 0.6) is 5.88 Å². The first-order chi connectivity index (χ1) is 21.7. The molecule has 1 aliphatic heterocycles. The van der Waals surface area contributed by atoms with Crippen LogP contribution in [0.3, 0.4) is 0 Å². The molecular formula is C35H42N6O4S. The predicted octanol–water partition coefficient (Wildman–Crippen LogP) is 6.62. The average Bonchev–Trinajstić information content (AvgIpc) is 2.96. The maximum absolute atomic E-state index is 14.4. The average molecular weight is 643 g/mol. The summed E-state index contributed by atoms with van der Waals surface area (Å²) in [5, 5.41) is 3.32. The number of hydrogen-bond donors (Lipinski definition) is 2. The standard InChI is InChI=1S/C35H42N6O4S/c1-22(2)36-30-16-10-14-26(37-30)20-41-27(19-35(5,6)7)21-45-31-18-29(32-23(3)11-8-12-24(32)4)38-34(39-31)40-46(43,44)28-15-9-13-25(17-28)33(41)42/h8-18,22,27H,19-21H2,1-7H3,(H,36,37)(H,38,39,40)/t27-/m1/s1. The first-order valence-electron chi connectivity index (χ1n) is 15.4. The molecule has 1 atom stereocenters. The fourth-order valence-corrected chi connectivity index (χ4v) is 6.65. The number of ether oxygens (including phenoxy) is 1. The van der Waals surface area contributed by atoms with E-state index in [9.17, 15) is 13.2 Å². The lowest BCUT2D eigenvalue weighted by Crippen LogP contribution is -2.45. The molecule has 2 aromatic heterocycles. The van der Waals surface area contributed by atoms with Gasteiger partial charge < -0.3 is 15.0 Å². The number of nitrogens with zero attached hydrogens (tertiary/aromatic N) is 4. The largest absolute Gasteiger partial charge is 0.475 e. The van der Waals surface area contributed by atoms with Crippen molar-refractivity contribution < 1.29 is 17.9 Å². The molecule has 4 bridgehead atoms. The molecule has 0 radical (unpaired) electrons. The van der Waals surface area contributed by atoms with Crippen LogP contribution < -0.4 is 14.8 Å². The first kappa shape index (κ1) is 32.9. The summed E-state index contributed by atoms with van der Waals surface area (Å²) < 4.78 is 36.2. The number of carbonyl (C=O) groups is 1.